The molecule has 1 fully saturated rings. The summed E-state index contributed by atoms with van der Waals surface area (Å²) >= 11 is 5.96. The van der Waals surface area contributed by atoms with E-state index in [1.807, 2.05) is 30.3 Å². The number of ether oxygens (including phenoxy) is 2. The summed E-state index contributed by atoms with van der Waals surface area (Å²) in [5, 5.41) is 3.74. The van der Waals surface area contributed by atoms with Gasteiger partial charge in [0.2, 0.25) is 12.7 Å². The number of nitrogens with one attached hydrogen (secondary N) is 1. The molecule has 2 heterocycles. The molecular weight excluding hydrogens is 378 g/mol. The third-order valence-electron chi connectivity index (χ3n) is 5.15. The number of nitrogens with zero attached hydrogens (tertiary/aromatic N) is 2. The van der Waals surface area contributed by atoms with Crippen molar-refractivity contribution < 1.29 is 14.3 Å². The Hall–Kier alpha value is -2.44. The summed E-state index contributed by atoms with van der Waals surface area (Å²) in [7, 11) is 0. The maximum absolute atomic E-state index is 12.2. The molecule has 28 heavy (non-hydrogen) atoms. The van der Waals surface area contributed by atoms with E-state index in [9.17, 15) is 4.79 Å². The van der Waals surface area contributed by atoms with E-state index in [1.54, 1.807) is 0 Å². The molecule has 0 aliphatic carbocycles. The highest BCUT2D eigenvalue weighted by molar-refractivity contribution is 6.30. The first kappa shape index (κ1) is 18.9. The highest BCUT2D eigenvalue weighted by Crippen LogP contribution is 2.32. The molecule has 0 unspecified atom stereocenters. The standard InChI is InChI=1S/C21H24ClN3O3/c22-17-2-4-18(5-3-17)25-11-9-24(10-12-25)8-7-21(26)23-14-16-1-6-19-20(13-16)28-15-27-19/h1-6,13H,7-12,14-15H2,(H,23,26). The predicted octanol–water partition coefficient (Wildman–Crippen LogP) is 2.90. The minimum absolute atomic E-state index is 0.0674. The number of carbonyl (C=O) groups is 1. The zero-order valence-corrected chi connectivity index (χ0v) is 16.5. The molecule has 0 bridgehead atoms. The van der Waals surface area contributed by atoms with Gasteiger partial charge in [0.15, 0.2) is 11.5 Å². The lowest BCUT2D eigenvalue weighted by Crippen LogP contribution is -2.47. The number of carbonyl (C=O) groups excluding carboxylic acids is 1. The van der Waals surface area contributed by atoms with Gasteiger partial charge in [0.05, 0.1) is 0 Å². The highest BCUT2D eigenvalue weighted by Gasteiger charge is 2.18. The van der Waals surface area contributed by atoms with Crippen molar-refractivity contribution in [3.8, 4) is 11.5 Å². The lowest BCUT2D eigenvalue weighted by Gasteiger charge is -2.36. The summed E-state index contributed by atoms with van der Waals surface area (Å²) in [6.45, 7) is 5.37. The maximum Gasteiger partial charge on any atom is 0.231 e. The van der Waals surface area contributed by atoms with E-state index in [1.165, 1.54) is 5.69 Å². The average molecular weight is 402 g/mol. The van der Waals surface area contributed by atoms with Crippen molar-refractivity contribution in [3.63, 3.8) is 0 Å². The van der Waals surface area contributed by atoms with Crippen LogP contribution in [0.2, 0.25) is 5.02 Å². The van der Waals surface area contributed by atoms with Crippen LogP contribution in [0.15, 0.2) is 42.5 Å². The van der Waals surface area contributed by atoms with Gasteiger partial charge < -0.3 is 19.7 Å². The van der Waals surface area contributed by atoms with Crippen molar-refractivity contribution in [2.45, 2.75) is 13.0 Å². The van der Waals surface area contributed by atoms with Crippen molar-refractivity contribution in [1.82, 2.24) is 10.2 Å². The second-order valence-corrected chi connectivity index (χ2v) is 7.46. The Morgan fingerprint density at radius 2 is 1.75 bits per heavy atom. The number of amides is 1. The summed E-state index contributed by atoms with van der Waals surface area (Å²) in [4.78, 5) is 16.9. The Kier molecular flexibility index (Phi) is 5.88. The number of hydrogen-bond donors (Lipinski definition) is 1. The van der Waals surface area contributed by atoms with Gasteiger partial charge in [0.25, 0.3) is 0 Å². The van der Waals surface area contributed by atoms with Crippen LogP contribution in [0.25, 0.3) is 0 Å². The van der Waals surface area contributed by atoms with E-state index in [4.69, 9.17) is 21.1 Å². The van der Waals surface area contributed by atoms with Crippen LogP contribution in [0, 0.1) is 0 Å². The summed E-state index contributed by atoms with van der Waals surface area (Å²) in [6.07, 6.45) is 0.505. The molecule has 148 valence electrons. The number of rotatable bonds is 6. The molecular formula is C21H24ClN3O3. The summed E-state index contributed by atoms with van der Waals surface area (Å²) in [5.74, 6) is 1.57. The fraction of sp³-hybridized carbons (Fsp3) is 0.381. The Morgan fingerprint density at radius 1 is 1.00 bits per heavy atom. The Balaban J connectivity index is 1.17. The first-order valence-electron chi connectivity index (χ1n) is 9.55. The van der Waals surface area contributed by atoms with Crippen LogP contribution >= 0.6 is 11.6 Å². The van der Waals surface area contributed by atoms with E-state index < -0.39 is 0 Å². The molecule has 7 heteroatoms. The molecule has 6 nitrogen and oxygen atoms in total. The van der Waals surface area contributed by atoms with Crippen LogP contribution in [0.3, 0.4) is 0 Å². The van der Waals surface area contributed by atoms with Crippen molar-refractivity contribution in [2.75, 3.05) is 44.4 Å². The van der Waals surface area contributed by atoms with Crippen LogP contribution < -0.4 is 19.7 Å². The molecule has 1 N–H and O–H groups in total. The maximum atomic E-state index is 12.2. The quantitative estimate of drug-likeness (QED) is 0.806. The molecule has 2 aromatic rings. The average Bonchev–Trinajstić information content (AvgIpc) is 3.19. The molecule has 0 aromatic heterocycles. The fourth-order valence-corrected chi connectivity index (χ4v) is 3.61. The lowest BCUT2D eigenvalue weighted by molar-refractivity contribution is -0.121. The van der Waals surface area contributed by atoms with E-state index in [2.05, 4.69) is 27.2 Å². The molecule has 2 aliphatic heterocycles. The normalized spacial score (nSPS) is 16.2. The molecule has 0 atom stereocenters. The number of halogens is 1. The van der Waals surface area contributed by atoms with Gasteiger partial charge in [-0.25, -0.2) is 0 Å². The number of fused-ring (bicyclic) bond motifs is 1. The molecule has 0 spiro atoms. The zero-order chi connectivity index (χ0) is 19.3. The summed E-state index contributed by atoms with van der Waals surface area (Å²) in [6, 6.07) is 13.7. The number of hydrogen-bond acceptors (Lipinski definition) is 5. The van der Waals surface area contributed by atoms with Crippen molar-refractivity contribution >= 4 is 23.2 Å². The van der Waals surface area contributed by atoms with E-state index in [0.717, 1.165) is 54.8 Å². The van der Waals surface area contributed by atoms with Crippen LogP contribution in [0.5, 0.6) is 11.5 Å². The van der Waals surface area contributed by atoms with E-state index in [0.29, 0.717) is 13.0 Å². The summed E-state index contributed by atoms with van der Waals surface area (Å²) in [5.41, 5.74) is 2.21. The van der Waals surface area contributed by atoms with Crippen LogP contribution in [-0.4, -0.2) is 50.3 Å². The van der Waals surface area contributed by atoms with E-state index >= 15 is 0 Å². The Labute approximate surface area is 170 Å². The molecule has 1 saturated heterocycles. The second kappa shape index (κ2) is 8.71. The van der Waals surface area contributed by atoms with E-state index in [-0.39, 0.29) is 12.7 Å². The SMILES string of the molecule is O=C(CCN1CCN(c2ccc(Cl)cc2)CC1)NCc1ccc2c(c1)OCO2. The summed E-state index contributed by atoms with van der Waals surface area (Å²) < 4.78 is 10.7. The van der Waals surface area contributed by atoms with Crippen molar-refractivity contribution in [2.24, 2.45) is 0 Å². The van der Waals surface area contributed by atoms with Gasteiger partial charge in [-0.1, -0.05) is 17.7 Å². The van der Waals surface area contributed by atoms with Gasteiger partial charge in [-0.15, -0.1) is 0 Å². The van der Waals surface area contributed by atoms with Crippen LogP contribution in [0.1, 0.15) is 12.0 Å². The number of anilines is 1. The van der Waals surface area contributed by atoms with Crippen molar-refractivity contribution in [3.05, 3.63) is 53.1 Å². The largest absolute Gasteiger partial charge is 0.454 e. The van der Waals surface area contributed by atoms with Crippen LogP contribution in [-0.2, 0) is 11.3 Å². The van der Waals surface area contributed by atoms with Crippen molar-refractivity contribution in [1.29, 1.82) is 0 Å². The lowest BCUT2D eigenvalue weighted by atomic mass is 10.2. The Morgan fingerprint density at radius 3 is 2.54 bits per heavy atom. The minimum Gasteiger partial charge on any atom is -0.454 e. The van der Waals surface area contributed by atoms with Gasteiger partial charge in [0, 0.05) is 56.4 Å². The van der Waals surface area contributed by atoms with Gasteiger partial charge in [-0.05, 0) is 42.0 Å². The van der Waals surface area contributed by atoms with Gasteiger partial charge in [0.1, 0.15) is 0 Å². The third-order valence-corrected chi connectivity index (χ3v) is 5.40. The molecule has 0 radical (unpaired) electrons. The molecule has 0 saturated carbocycles. The van der Waals surface area contributed by atoms with Gasteiger partial charge >= 0.3 is 0 Å². The topological polar surface area (TPSA) is 54.0 Å². The van der Waals surface area contributed by atoms with Gasteiger partial charge in [-0.3, -0.25) is 9.69 Å². The molecule has 4 rings (SSSR count). The molecule has 1 amide bonds. The Bertz CT molecular complexity index is 820. The number of benzene rings is 2. The first-order chi connectivity index (χ1) is 13.7. The fourth-order valence-electron chi connectivity index (χ4n) is 3.48. The second-order valence-electron chi connectivity index (χ2n) is 7.02. The predicted molar refractivity (Wildman–Crippen MR) is 109 cm³/mol. The third kappa shape index (κ3) is 4.69. The minimum atomic E-state index is 0.0674. The first-order valence-corrected chi connectivity index (χ1v) is 9.93. The van der Waals surface area contributed by atoms with Crippen LogP contribution in [0.4, 0.5) is 5.69 Å². The highest BCUT2D eigenvalue weighted by atomic mass is 35.5. The smallest absolute Gasteiger partial charge is 0.231 e. The number of piperazine rings is 1. The molecule has 2 aliphatic rings. The molecule has 2 aromatic carbocycles. The monoisotopic (exact) mass is 401 g/mol. The zero-order valence-electron chi connectivity index (χ0n) is 15.7. The van der Waals surface area contributed by atoms with Gasteiger partial charge in [-0.2, -0.15) is 0 Å².